The van der Waals surface area contributed by atoms with E-state index in [-0.39, 0.29) is 270 Å². The molecule has 20 nitrogen and oxygen atoms in total. The van der Waals surface area contributed by atoms with Crippen LogP contribution in [0.4, 0.5) is 0 Å². The summed E-state index contributed by atoms with van der Waals surface area (Å²) in [5, 5.41) is 0. The number of rotatable bonds is 0. The standard InChI is InChI=1S/5CH4.16ClH.3Fe.16H3N.4H2O/h5*1H4;16*1H;;;;16*1H3;4*1H2/q;;;;;;;;;;;;;;;;;;;;;+2;2*+3;;;;;;;;;;;;;;;;;;;;/p-8. The Kier molecular flexibility index (Phi) is 10400. The van der Waals surface area contributed by atoms with E-state index in [2.05, 4.69) is 0 Å². The molecule has 0 spiro atoms. The molecule has 344 valence electrons. The molecule has 39 heteroatoms. The molecule has 0 amide bonds. The zero-order valence-corrected chi connectivity index (χ0v) is 36.6. The van der Waals surface area contributed by atoms with Gasteiger partial charge >= 0.3 is 116 Å². The van der Waals surface area contributed by atoms with Crippen molar-refractivity contribution in [2.45, 2.75) is 37.1 Å². The van der Waals surface area contributed by atoms with Gasteiger partial charge in [0.25, 0.3) is 0 Å². The Bertz CT molecular complexity index is 112. The van der Waals surface area contributed by atoms with Gasteiger partial charge in [0.1, 0.15) is 0 Å². The molecule has 0 aromatic carbocycles. The Morgan fingerprint density at radius 3 is 0.250 bits per heavy atom. The van der Waals surface area contributed by atoms with Crippen LogP contribution in [0.5, 0.6) is 0 Å². The second-order valence-corrected chi connectivity index (χ2v) is 13.1. The number of halogens is 16. The van der Waals surface area contributed by atoms with Crippen LogP contribution in [-0.4, -0.2) is 21.9 Å². The van der Waals surface area contributed by atoms with E-state index in [0.29, 0.717) is 0 Å². The summed E-state index contributed by atoms with van der Waals surface area (Å²) in [4.78, 5) is 0. The molecule has 0 aliphatic carbocycles. The summed E-state index contributed by atoms with van der Waals surface area (Å²) >= 11 is -2.47. The van der Waals surface area contributed by atoms with Gasteiger partial charge in [-0.1, -0.05) is 37.1 Å². The Balaban J connectivity index is -0.000000000468. The van der Waals surface area contributed by atoms with Crippen LogP contribution in [0.1, 0.15) is 37.1 Å². The van der Waals surface area contributed by atoms with E-state index >= 15 is 0 Å². The third kappa shape index (κ3) is 3500. The van der Waals surface area contributed by atoms with Crippen molar-refractivity contribution in [3.05, 3.63) is 0 Å². The molecule has 44 heavy (non-hydrogen) atoms. The van der Waals surface area contributed by atoms with Gasteiger partial charge in [0.15, 0.2) is 0 Å². The van der Waals surface area contributed by atoms with Crippen molar-refractivity contribution in [1.82, 2.24) is 98.4 Å². The average Bonchev–Trinajstić information content (AvgIpc) is 1.60. The molecule has 0 aliphatic heterocycles. The fourth-order valence-electron chi connectivity index (χ4n) is 0. The zero-order chi connectivity index (χ0) is 9.86. The summed E-state index contributed by atoms with van der Waals surface area (Å²) in [6, 6.07) is 0. The molecule has 0 bridgehead atoms. The molecule has 0 aliphatic rings. The molecule has 56 N–H and O–H groups in total. The quantitative estimate of drug-likeness (QED) is 0.100. The fraction of sp³-hybridized carbons (Fsp3) is 1.00. The summed E-state index contributed by atoms with van der Waals surface area (Å²) in [5.41, 5.74) is 0. The average molecular weight is 1170 g/mol. The predicted octanol–water partition coefficient (Wildman–Crippen LogP) is 11.4. The van der Waals surface area contributed by atoms with Crippen LogP contribution in [0.25, 0.3) is 0 Å². The third-order valence-corrected chi connectivity index (χ3v) is 0. The first kappa shape index (κ1) is 645. The van der Waals surface area contributed by atoms with Gasteiger partial charge in [-0.3, -0.25) is 0 Å². The van der Waals surface area contributed by atoms with Gasteiger partial charge in [-0.2, -0.15) is 0 Å². The van der Waals surface area contributed by atoms with E-state index in [1.807, 2.05) is 0 Å². The molecule has 0 radical (unpaired) electrons. The molecule has 0 aromatic heterocycles. The SMILES string of the molecule is C.C.C.C.C.Cl.Cl.Cl.Cl.Cl.Cl.Cl.Cl.N.N.N.N.N.N.N.N.N.N.N.N.N.N.N.N.O.O.O.O.[Cl][Fe]([Cl])[Cl].[Cl][Fe]([Cl])[Cl].[Cl][Fe][Cl]. The summed E-state index contributed by atoms with van der Waals surface area (Å²) in [6.45, 7) is 0. The Labute approximate surface area is 368 Å². The topological polar surface area (TPSA) is 686 Å². The van der Waals surface area contributed by atoms with Gasteiger partial charge in [-0.15, -0.1) is 99.3 Å². The Morgan fingerprint density at radius 1 is 0.250 bits per heavy atom. The van der Waals surface area contributed by atoms with Gasteiger partial charge < -0.3 is 120 Å². The van der Waals surface area contributed by atoms with E-state index in [4.69, 9.17) is 80.8 Å². The molecule has 0 saturated heterocycles. The normalized spacial score (nSPS) is 2.55. The van der Waals surface area contributed by atoms with Gasteiger partial charge in [-0.25, -0.2) is 0 Å². The number of hydrogen-bond acceptors (Lipinski definition) is 16. The first-order chi connectivity index (χ1) is 4.88. The molecule has 0 atom stereocenters. The first-order valence-corrected chi connectivity index (χ1v) is 13.2. The zero-order valence-electron chi connectivity index (χ0n) is 20.7. The monoisotopic (exact) mass is 1160 g/mol. The van der Waals surface area contributed by atoms with Crippen LogP contribution < -0.4 is 98.4 Å². The minimum absolute atomic E-state index is 0. The number of hydrogen-bond donors (Lipinski definition) is 16. The first-order valence-electron chi connectivity index (χ1n) is 1.07. The molecule has 0 rings (SSSR count). The molecule has 0 saturated carbocycles. The van der Waals surface area contributed by atoms with Crippen molar-refractivity contribution in [3.8, 4) is 0 Å². The Hall–Kier alpha value is 5.40. The van der Waals surface area contributed by atoms with Crippen LogP contribution >= 0.6 is 180 Å². The van der Waals surface area contributed by atoms with Crippen molar-refractivity contribution in [2.24, 2.45) is 0 Å². The second-order valence-electron chi connectivity index (χ2n) is 0.354. The molecule has 0 fully saturated rings. The molecular weight excluding hydrogens is 1080 g/mol. The van der Waals surface area contributed by atoms with Crippen LogP contribution in [0, 0.1) is 0 Å². The van der Waals surface area contributed by atoms with Gasteiger partial charge in [0.05, 0.1) is 0 Å². The predicted molar refractivity (Wildman–Crippen MR) is 233 cm³/mol. The van der Waals surface area contributed by atoms with E-state index in [9.17, 15) is 0 Å². The van der Waals surface area contributed by atoms with Crippen molar-refractivity contribution in [2.75, 3.05) is 0 Å². The van der Waals surface area contributed by atoms with E-state index in [0.717, 1.165) is 0 Å². The van der Waals surface area contributed by atoms with Gasteiger partial charge in [0, 0.05) is 0 Å². The van der Waals surface area contributed by atoms with Crippen molar-refractivity contribution in [3.63, 3.8) is 0 Å². The van der Waals surface area contributed by atoms with Crippen molar-refractivity contribution >= 4 is 180 Å². The molecule has 0 heterocycles. The van der Waals surface area contributed by atoms with Crippen LogP contribution in [0.2, 0.25) is 0 Å². The van der Waals surface area contributed by atoms with E-state index in [1.165, 1.54) is 0 Å². The van der Waals surface area contributed by atoms with Crippen molar-refractivity contribution < 1.29 is 57.4 Å². The third-order valence-electron chi connectivity index (χ3n) is 0. The van der Waals surface area contributed by atoms with Gasteiger partial charge in [0.2, 0.25) is 0 Å². The fourth-order valence-corrected chi connectivity index (χ4v) is 0. The Morgan fingerprint density at radius 2 is 0.250 bits per heavy atom. The summed E-state index contributed by atoms with van der Waals surface area (Å²) in [5.74, 6) is 0. The van der Waals surface area contributed by atoms with Gasteiger partial charge in [-0.05, 0) is 0 Å². The second kappa shape index (κ2) is 707. The minimum atomic E-state index is -1.33. The maximum atomic E-state index is 4.89. The molecular formula is C5H84Cl16Fe3N16O4. The van der Waals surface area contributed by atoms with Crippen LogP contribution in [0.3, 0.4) is 0 Å². The summed E-state index contributed by atoms with van der Waals surface area (Å²) in [7, 11) is 38.9. The maximum absolute atomic E-state index is 4.89. The molecule has 0 aromatic rings. The van der Waals surface area contributed by atoms with E-state index < -0.39 is 22.3 Å². The summed E-state index contributed by atoms with van der Waals surface area (Å²) in [6.07, 6.45) is 0. The van der Waals surface area contributed by atoms with Crippen LogP contribution in [0.15, 0.2) is 0 Å². The molecule has 0 unspecified atom stereocenters. The summed E-state index contributed by atoms with van der Waals surface area (Å²) < 4.78 is 0. The van der Waals surface area contributed by atoms with Crippen molar-refractivity contribution in [1.29, 1.82) is 0 Å². The van der Waals surface area contributed by atoms with Crippen LogP contribution in [-0.2, 0) is 35.5 Å². The van der Waals surface area contributed by atoms with E-state index in [1.54, 1.807) is 0 Å².